The second-order valence-electron chi connectivity index (χ2n) is 10.1. The molecule has 0 atom stereocenters. The van der Waals surface area contributed by atoms with Gasteiger partial charge in [-0.15, -0.1) is 5.10 Å². The summed E-state index contributed by atoms with van der Waals surface area (Å²) in [5.41, 5.74) is 2.19. The Labute approximate surface area is 235 Å². The number of nitrogens with zero attached hydrogens (tertiary/aromatic N) is 6. The van der Waals surface area contributed by atoms with E-state index in [2.05, 4.69) is 36.4 Å². The van der Waals surface area contributed by atoms with Crippen molar-refractivity contribution in [3.63, 3.8) is 0 Å². The Bertz CT molecular complexity index is 1780. The highest BCUT2D eigenvalue weighted by Gasteiger charge is 2.44. The van der Waals surface area contributed by atoms with Crippen molar-refractivity contribution in [1.29, 1.82) is 0 Å². The van der Waals surface area contributed by atoms with E-state index in [1.54, 1.807) is 11.6 Å². The lowest BCUT2D eigenvalue weighted by molar-refractivity contribution is -0.0854. The summed E-state index contributed by atoms with van der Waals surface area (Å²) in [5, 5.41) is 23.8. The number of aromatic nitrogens is 5. The average Bonchev–Trinajstić information content (AvgIpc) is 3.53. The third kappa shape index (κ3) is 4.77. The van der Waals surface area contributed by atoms with E-state index < -0.39 is 23.1 Å². The molecule has 0 spiro atoms. The molecule has 0 aliphatic carbocycles. The van der Waals surface area contributed by atoms with E-state index in [9.17, 15) is 18.7 Å². The van der Waals surface area contributed by atoms with Gasteiger partial charge >= 0.3 is 0 Å². The number of halogens is 3. The van der Waals surface area contributed by atoms with E-state index in [-0.39, 0.29) is 35.6 Å². The molecule has 0 bridgehead atoms. The van der Waals surface area contributed by atoms with Gasteiger partial charge in [0.15, 0.2) is 0 Å². The van der Waals surface area contributed by atoms with Crippen LogP contribution in [0.25, 0.3) is 28.0 Å². The molecule has 2 aromatic carbocycles. The van der Waals surface area contributed by atoms with Crippen LogP contribution in [-0.2, 0) is 6.42 Å². The average molecular weight is 609 g/mol. The number of β-amino-alcohol motifs (C(OH)–C–C–N with tert-alkyl or cyclic N) is 1. The number of amides is 1. The zero-order valence-electron chi connectivity index (χ0n) is 21.5. The molecular weight excluding hydrogens is 586 g/mol. The summed E-state index contributed by atoms with van der Waals surface area (Å²) < 4.78 is 36.3. The SMILES string of the molecule is Cc1cc(Br)ccc1-n1cc(CCC2(O)CN(C(=O)c3cc(-c4cc(F)ccc4F)nc4onc(C)c34)C2)nn1. The number of carbonyl (C=O) groups is 1. The molecule has 5 aromatic rings. The van der Waals surface area contributed by atoms with Gasteiger partial charge in [0.1, 0.15) is 17.2 Å². The fraction of sp³-hybridized carbons (Fsp3) is 0.250. The van der Waals surface area contributed by atoms with Gasteiger partial charge in [-0.25, -0.2) is 18.4 Å². The molecular formula is C28H23BrF2N6O3. The van der Waals surface area contributed by atoms with Crippen LogP contribution in [0.5, 0.6) is 0 Å². The molecule has 204 valence electrons. The number of fused-ring (bicyclic) bond motifs is 1. The minimum atomic E-state index is -1.10. The van der Waals surface area contributed by atoms with Crippen LogP contribution < -0.4 is 0 Å². The van der Waals surface area contributed by atoms with Crippen molar-refractivity contribution in [3.8, 4) is 16.9 Å². The van der Waals surface area contributed by atoms with E-state index in [1.807, 2.05) is 31.3 Å². The molecule has 1 amide bonds. The van der Waals surface area contributed by atoms with Crippen molar-refractivity contribution < 1.29 is 23.2 Å². The highest BCUT2D eigenvalue weighted by molar-refractivity contribution is 9.10. The Kier molecular flexibility index (Phi) is 6.46. The molecule has 1 aliphatic heterocycles. The quantitative estimate of drug-likeness (QED) is 0.290. The predicted molar refractivity (Wildman–Crippen MR) is 145 cm³/mol. The van der Waals surface area contributed by atoms with Crippen molar-refractivity contribution in [2.24, 2.45) is 0 Å². The molecule has 3 aromatic heterocycles. The van der Waals surface area contributed by atoms with Crippen molar-refractivity contribution in [2.75, 3.05) is 13.1 Å². The van der Waals surface area contributed by atoms with Crippen LogP contribution >= 0.6 is 15.9 Å². The molecule has 4 heterocycles. The van der Waals surface area contributed by atoms with Crippen LogP contribution in [0.2, 0.25) is 0 Å². The summed E-state index contributed by atoms with van der Waals surface area (Å²) in [6.07, 6.45) is 2.69. The maximum absolute atomic E-state index is 14.5. The first-order valence-corrected chi connectivity index (χ1v) is 13.3. The second-order valence-corrected chi connectivity index (χ2v) is 11.0. The first-order valence-electron chi connectivity index (χ1n) is 12.5. The van der Waals surface area contributed by atoms with Gasteiger partial charge in [0, 0.05) is 10.0 Å². The van der Waals surface area contributed by atoms with Gasteiger partial charge in [-0.1, -0.05) is 26.3 Å². The van der Waals surface area contributed by atoms with Gasteiger partial charge in [-0.05, 0) is 74.7 Å². The number of pyridine rings is 1. The van der Waals surface area contributed by atoms with Crippen LogP contribution in [0.3, 0.4) is 0 Å². The largest absolute Gasteiger partial charge is 0.386 e. The second kappa shape index (κ2) is 9.86. The van der Waals surface area contributed by atoms with Crippen molar-refractivity contribution >= 4 is 32.9 Å². The Morgan fingerprint density at radius 2 is 1.95 bits per heavy atom. The summed E-state index contributed by atoms with van der Waals surface area (Å²) in [7, 11) is 0. The molecule has 40 heavy (non-hydrogen) atoms. The summed E-state index contributed by atoms with van der Waals surface area (Å²) in [6, 6.07) is 10.3. The van der Waals surface area contributed by atoms with Crippen molar-refractivity contribution in [2.45, 2.75) is 32.3 Å². The Morgan fingerprint density at radius 1 is 1.15 bits per heavy atom. The highest BCUT2D eigenvalue weighted by Crippen LogP contribution is 2.33. The highest BCUT2D eigenvalue weighted by atomic mass is 79.9. The molecule has 0 unspecified atom stereocenters. The summed E-state index contributed by atoms with van der Waals surface area (Å²) >= 11 is 3.46. The van der Waals surface area contributed by atoms with Crippen LogP contribution in [0.1, 0.15) is 33.7 Å². The smallest absolute Gasteiger partial charge is 0.259 e. The van der Waals surface area contributed by atoms with E-state index >= 15 is 0 Å². The topological polar surface area (TPSA) is 110 Å². The Morgan fingerprint density at radius 3 is 2.73 bits per heavy atom. The maximum atomic E-state index is 14.5. The van der Waals surface area contributed by atoms with Gasteiger partial charge in [-0.2, -0.15) is 0 Å². The van der Waals surface area contributed by atoms with Crippen LogP contribution in [0, 0.1) is 25.5 Å². The Balaban J connectivity index is 1.18. The molecule has 1 N–H and O–H groups in total. The summed E-state index contributed by atoms with van der Waals surface area (Å²) in [4.78, 5) is 19.3. The zero-order valence-corrected chi connectivity index (χ0v) is 23.1. The standard InChI is InChI=1S/C28H23BrF2N6O3/c1-15-9-17(29)3-6-24(15)37-12-19(33-35-37)7-8-28(39)13-36(14-28)27(38)21-11-23(20-10-18(30)4-5-22(20)31)32-26-25(21)16(2)34-40-26/h3-6,9-12,39H,7-8,13-14H2,1-2H3. The van der Waals surface area contributed by atoms with Crippen molar-refractivity contribution in [3.05, 3.63) is 87.3 Å². The molecule has 9 nitrogen and oxygen atoms in total. The molecule has 6 rings (SSSR count). The third-order valence-corrected chi connectivity index (χ3v) is 7.60. The van der Waals surface area contributed by atoms with Crippen LogP contribution in [-0.4, -0.2) is 59.7 Å². The first-order chi connectivity index (χ1) is 19.1. The monoisotopic (exact) mass is 608 g/mol. The minimum Gasteiger partial charge on any atom is -0.386 e. The zero-order chi connectivity index (χ0) is 28.2. The normalized spacial score (nSPS) is 14.5. The van der Waals surface area contributed by atoms with E-state index in [1.165, 1.54) is 11.0 Å². The molecule has 0 saturated carbocycles. The minimum absolute atomic E-state index is 0.0434. The predicted octanol–water partition coefficient (Wildman–Crippen LogP) is 4.95. The first kappa shape index (κ1) is 26.2. The van der Waals surface area contributed by atoms with E-state index in [0.717, 1.165) is 39.6 Å². The molecule has 1 fully saturated rings. The van der Waals surface area contributed by atoms with Gasteiger partial charge in [0.05, 0.1) is 53.0 Å². The van der Waals surface area contributed by atoms with Gasteiger partial charge in [0.2, 0.25) is 0 Å². The number of likely N-dealkylation sites (tertiary alicyclic amines) is 1. The van der Waals surface area contributed by atoms with Crippen molar-refractivity contribution in [1.82, 2.24) is 30.0 Å². The van der Waals surface area contributed by atoms with Gasteiger partial charge in [-0.3, -0.25) is 4.79 Å². The number of hydrogen-bond acceptors (Lipinski definition) is 7. The summed E-state index contributed by atoms with van der Waals surface area (Å²) in [6.45, 7) is 3.86. The fourth-order valence-electron chi connectivity index (χ4n) is 5.00. The third-order valence-electron chi connectivity index (χ3n) is 7.10. The number of rotatable bonds is 6. The number of hydrogen-bond donors (Lipinski definition) is 1. The maximum Gasteiger partial charge on any atom is 0.259 e. The number of benzene rings is 2. The lowest BCUT2D eigenvalue weighted by Gasteiger charge is -2.46. The van der Waals surface area contributed by atoms with Crippen LogP contribution in [0.15, 0.2) is 57.7 Å². The molecule has 0 radical (unpaired) electrons. The molecule has 12 heteroatoms. The summed E-state index contributed by atoms with van der Waals surface area (Å²) in [5.74, 6) is -1.72. The Hall–Kier alpha value is -4.03. The van der Waals surface area contributed by atoms with E-state index in [4.69, 9.17) is 4.52 Å². The van der Waals surface area contributed by atoms with Gasteiger partial charge < -0.3 is 14.5 Å². The van der Waals surface area contributed by atoms with Crippen LogP contribution in [0.4, 0.5) is 8.78 Å². The van der Waals surface area contributed by atoms with Gasteiger partial charge in [0.25, 0.3) is 11.6 Å². The fourth-order valence-corrected chi connectivity index (χ4v) is 5.47. The molecule has 1 aliphatic rings. The molecule has 1 saturated heterocycles. The number of aliphatic hydroxyl groups is 1. The number of aryl methyl sites for hydroxylation is 3. The lowest BCUT2D eigenvalue weighted by atomic mass is 9.87. The lowest BCUT2D eigenvalue weighted by Crippen LogP contribution is -2.63. The van der Waals surface area contributed by atoms with E-state index in [0.29, 0.717) is 23.9 Å². The number of carbonyl (C=O) groups excluding carboxylic acids is 1.